The molecule has 0 N–H and O–H groups in total. The van der Waals surface area contributed by atoms with Crippen molar-refractivity contribution in [1.82, 2.24) is 0 Å². The summed E-state index contributed by atoms with van der Waals surface area (Å²) >= 11 is 0. The third-order valence-electron chi connectivity index (χ3n) is 3.71. The normalized spacial score (nSPS) is 9.00. The number of hydrogen-bond donors (Lipinski definition) is 0. The third kappa shape index (κ3) is 35.4. The van der Waals surface area contributed by atoms with E-state index >= 15 is 0 Å². The van der Waals surface area contributed by atoms with Crippen molar-refractivity contribution in [3.63, 3.8) is 0 Å². The van der Waals surface area contributed by atoms with E-state index in [1.807, 2.05) is 55.4 Å². The Bertz CT molecular complexity index is 325. The molecule has 2 rings (SSSR count). The van der Waals surface area contributed by atoms with Crippen LogP contribution in [0.3, 0.4) is 0 Å². The van der Waals surface area contributed by atoms with Crippen LogP contribution in [-0.2, 0) is 0 Å². The second kappa shape index (κ2) is 83.9. The molecule has 0 nitrogen and oxygen atoms in total. The van der Waals surface area contributed by atoms with E-state index in [2.05, 4.69) is 27.7 Å². The molecule has 0 spiro atoms. The standard InChI is InChI=1S/C14H20.4C2H6.14CH4/c1-5-11-9(3)7-14-12(6-2)10(4)8-13(11)14;4*1-2;;;;;;;;;;;;;;/h5-8H2,1-4H3;4*1-2H3;14*1H4. The average molecular weight is 533 g/mol. The molecule has 2 aliphatic carbocycles. The largest absolute Gasteiger partial charge is 0.0776 e. The minimum Gasteiger partial charge on any atom is -0.0776 e. The molecular formula is C36H100. The fourth-order valence-corrected chi connectivity index (χ4v) is 3.08. The van der Waals surface area contributed by atoms with Crippen LogP contribution >= 0.6 is 0 Å². The Morgan fingerprint density at radius 1 is 0.361 bits per heavy atom. The zero-order chi connectivity index (χ0) is 18.3. The van der Waals surface area contributed by atoms with Gasteiger partial charge in [-0.15, -0.1) is 0 Å². The lowest BCUT2D eigenvalue weighted by Crippen LogP contribution is -1.87. The Morgan fingerprint density at radius 2 is 0.500 bits per heavy atom. The van der Waals surface area contributed by atoms with E-state index < -0.39 is 0 Å². The summed E-state index contributed by atoms with van der Waals surface area (Å²) in [6.45, 7) is 25.2. The van der Waals surface area contributed by atoms with Crippen LogP contribution < -0.4 is 0 Å². The van der Waals surface area contributed by atoms with Gasteiger partial charge in [-0.05, 0) is 61.8 Å². The van der Waals surface area contributed by atoms with Crippen LogP contribution in [0.25, 0.3) is 0 Å². The van der Waals surface area contributed by atoms with E-state index in [1.54, 1.807) is 33.4 Å². The lowest BCUT2D eigenvalue weighted by atomic mass is 9.99. The fourth-order valence-electron chi connectivity index (χ4n) is 3.08. The topological polar surface area (TPSA) is 0 Å². The van der Waals surface area contributed by atoms with Crippen LogP contribution in [-0.4, -0.2) is 0 Å². The third-order valence-corrected chi connectivity index (χ3v) is 3.71. The van der Waals surface area contributed by atoms with Gasteiger partial charge in [0.05, 0.1) is 0 Å². The fraction of sp³-hybridized carbons (Fsp3) is 0.833. The molecule has 0 aromatic carbocycles. The Balaban J connectivity index is -0.0000000101. The molecule has 0 saturated heterocycles. The minimum atomic E-state index is 0. The van der Waals surface area contributed by atoms with Gasteiger partial charge in [0.25, 0.3) is 0 Å². The summed E-state index contributed by atoms with van der Waals surface area (Å²) in [7, 11) is 0. The Kier molecular flexibility index (Phi) is 289. The highest BCUT2D eigenvalue weighted by atomic mass is 14.3. The van der Waals surface area contributed by atoms with Crippen molar-refractivity contribution in [1.29, 1.82) is 0 Å². The summed E-state index contributed by atoms with van der Waals surface area (Å²) in [5.41, 5.74) is 9.91. The zero-order valence-corrected chi connectivity index (χ0v) is 17.8. The molecule has 0 aromatic heterocycles. The highest BCUT2D eigenvalue weighted by Gasteiger charge is 2.28. The van der Waals surface area contributed by atoms with Gasteiger partial charge in [0.2, 0.25) is 0 Å². The number of hydrogen-bond acceptors (Lipinski definition) is 0. The van der Waals surface area contributed by atoms with Crippen LogP contribution in [0.1, 0.15) is 213 Å². The molecule has 0 unspecified atom stereocenters. The molecule has 244 valence electrons. The molecular weight excluding hydrogens is 432 g/mol. The summed E-state index contributed by atoms with van der Waals surface area (Å²) in [6.07, 6.45) is 4.90. The summed E-state index contributed by atoms with van der Waals surface area (Å²) in [4.78, 5) is 0. The van der Waals surface area contributed by atoms with Gasteiger partial charge in [0.1, 0.15) is 0 Å². The predicted molar refractivity (Wildman–Crippen MR) is 202 cm³/mol. The maximum absolute atomic E-state index is 2.31. The first-order valence-electron chi connectivity index (χ1n) is 9.79. The van der Waals surface area contributed by atoms with Crippen LogP contribution in [0.15, 0.2) is 33.4 Å². The highest BCUT2D eigenvalue weighted by molar-refractivity contribution is 5.60. The van der Waals surface area contributed by atoms with Gasteiger partial charge in [-0.3, -0.25) is 0 Å². The van der Waals surface area contributed by atoms with E-state index in [0.717, 1.165) is 0 Å². The van der Waals surface area contributed by atoms with Crippen molar-refractivity contribution in [2.45, 2.75) is 213 Å². The number of rotatable bonds is 2. The van der Waals surface area contributed by atoms with Crippen LogP contribution in [0.5, 0.6) is 0 Å². The molecule has 0 amide bonds. The molecule has 0 saturated carbocycles. The van der Waals surface area contributed by atoms with Gasteiger partial charge in [-0.25, -0.2) is 0 Å². The molecule has 0 heteroatoms. The smallest absolute Gasteiger partial charge is 0.00583 e. The first-order valence-corrected chi connectivity index (χ1v) is 9.79. The molecule has 2 aliphatic rings. The van der Waals surface area contributed by atoms with Gasteiger partial charge in [0.15, 0.2) is 0 Å². The molecule has 36 heavy (non-hydrogen) atoms. The Hall–Kier alpha value is -0.780. The van der Waals surface area contributed by atoms with E-state index in [0.29, 0.717) is 0 Å². The predicted octanol–water partition coefficient (Wildman–Crippen LogP) is 17.6. The molecule has 0 radical (unpaired) electrons. The monoisotopic (exact) mass is 533 g/mol. The van der Waals surface area contributed by atoms with Gasteiger partial charge < -0.3 is 0 Å². The Labute approximate surface area is 246 Å². The summed E-state index contributed by atoms with van der Waals surface area (Å²) < 4.78 is 0. The van der Waals surface area contributed by atoms with Crippen molar-refractivity contribution in [2.75, 3.05) is 0 Å². The Morgan fingerprint density at radius 3 is 0.611 bits per heavy atom. The molecule has 0 atom stereocenters. The molecule has 0 heterocycles. The zero-order valence-electron chi connectivity index (χ0n) is 17.8. The average Bonchev–Trinajstić information content (AvgIpc) is 3.07. The van der Waals surface area contributed by atoms with E-state index in [-0.39, 0.29) is 104 Å². The molecule has 0 bridgehead atoms. The quantitative estimate of drug-likeness (QED) is 0.331. The van der Waals surface area contributed by atoms with Crippen molar-refractivity contribution < 1.29 is 0 Å². The van der Waals surface area contributed by atoms with Gasteiger partial charge >= 0.3 is 0 Å². The van der Waals surface area contributed by atoms with Crippen molar-refractivity contribution in [3.05, 3.63) is 33.4 Å². The molecule has 0 fully saturated rings. The van der Waals surface area contributed by atoms with Gasteiger partial charge in [0, 0.05) is 0 Å². The van der Waals surface area contributed by atoms with Crippen LogP contribution in [0.2, 0.25) is 0 Å². The van der Waals surface area contributed by atoms with Gasteiger partial charge in [-0.1, -0.05) is 184 Å². The number of allylic oxidation sites excluding steroid dienone is 6. The lowest BCUT2D eigenvalue weighted by molar-refractivity contribution is 1.00. The van der Waals surface area contributed by atoms with E-state index in [4.69, 9.17) is 0 Å². The van der Waals surface area contributed by atoms with Crippen molar-refractivity contribution >= 4 is 0 Å². The van der Waals surface area contributed by atoms with Crippen molar-refractivity contribution in [2.24, 2.45) is 0 Å². The lowest BCUT2D eigenvalue weighted by Gasteiger charge is -2.07. The van der Waals surface area contributed by atoms with Crippen molar-refractivity contribution in [3.8, 4) is 0 Å². The van der Waals surface area contributed by atoms with E-state index in [9.17, 15) is 0 Å². The van der Waals surface area contributed by atoms with E-state index in [1.165, 1.54) is 25.7 Å². The summed E-state index contributed by atoms with van der Waals surface area (Å²) in [6, 6.07) is 0. The maximum Gasteiger partial charge on any atom is -0.00583 e. The van der Waals surface area contributed by atoms with Gasteiger partial charge in [-0.2, -0.15) is 0 Å². The molecule has 0 aliphatic heterocycles. The SMILES string of the molecule is C.C.C.C.C.C.C.C.C.C.C.C.C.C.CC.CC.CC.CC.CCC1=C(C)CC2=C1CC(C)=C2CC. The minimum absolute atomic E-state index is 0. The second-order valence-corrected chi connectivity index (χ2v) is 4.54. The summed E-state index contributed by atoms with van der Waals surface area (Å²) in [5, 5.41) is 0. The molecule has 0 aromatic rings. The summed E-state index contributed by atoms with van der Waals surface area (Å²) in [5.74, 6) is 0. The second-order valence-electron chi connectivity index (χ2n) is 4.54. The van der Waals surface area contributed by atoms with Crippen LogP contribution in [0.4, 0.5) is 0 Å². The maximum atomic E-state index is 2.31. The first-order chi connectivity index (χ1) is 10.7. The highest BCUT2D eigenvalue weighted by Crippen LogP contribution is 2.47. The first kappa shape index (κ1) is 124. The van der Waals surface area contributed by atoms with Crippen LogP contribution in [0, 0.1) is 0 Å².